The predicted molar refractivity (Wildman–Crippen MR) is 131 cm³/mol. The monoisotopic (exact) mass is 438 g/mol. The molecule has 0 saturated heterocycles. The Labute approximate surface area is 192 Å². The molecule has 1 aliphatic heterocycles. The first kappa shape index (κ1) is 20.9. The molecule has 6 rings (SSSR count). The van der Waals surface area contributed by atoms with E-state index in [9.17, 15) is 0 Å². The summed E-state index contributed by atoms with van der Waals surface area (Å²) < 4.78 is 6.00. The molecule has 1 aliphatic rings. The molecule has 0 spiro atoms. The van der Waals surface area contributed by atoms with E-state index in [1.54, 1.807) is 6.33 Å². The summed E-state index contributed by atoms with van der Waals surface area (Å²) >= 11 is 0. The zero-order valence-electron chi connectivity index (χ0n) is 18.9. The zero-order chi connectivity index (χ0) is 22.8. The highest BCUT2D eigenvalue weighted by Gasteiger charge is 2.15. The lowest BCUT2D eigenvalue weighted by Crippen LogP contribution is -1.99. The lowest BCUT2D eigenvalue weighted by atomic mass is 10.1. The Balaban J connectivity index is 0.00000111. The Morgan fingerprint density at radius 1 is 0.939 bits per heavy atom. The van der Waals surface area contributed by atoms with Gasteiger partial charge in [0.15, 0.2) is 5.58 Å². The van der Waals surface area contributed by atoms with Crippen LogP contribution in [-0.4, -0.2) is 19.9 Å². The Hall–Kier alpha value is -3.97. The van der Waals surface area contributed by atoms with Crippen molar-refractivity contribution in [3.05, 3.63) is 77.7 Å². The lowest BCUT2D eigenvalue weighted by molar-refractivity contribution is 0.623. The second-order valence-corrected chi connectivity index (χ2v) is 7.70. The summed E-state index contributed by atoms with van der Waals surface area (Å²) in [5, 5.41) is 6.64. The van der Waals surface area contributed by atoms with Crippen LogP contribution in [0.5, 0.6) is 0 Å². The second-order valence-electron chi connectivity index (χ2n) is 7.70. The fourth-order valence-corrected chi connectivity index (χ4v) is 4.01. The van der Waals surface area contributed by atoms with Gasteiger partial charge in [-0.05, 0) is 54.4 Å². The minimum Gasteiger partial charge on any atom is -0.423 e. The number of fused-ring (bicyclic) bond motifs is 2. The largest absolute Gasteiger partial charge is 0.423 e. The summed E-state index contributed by atoms with van der Waals surface area (Å²) in [7, 11) is 0. The molecule has 0 unspecified atom stereocenters. The molecular weight excluding hydrogens is 412 g/mol. The van der Waals surface area contributed by atoms with E-state index >= 15 is 0 Å². The van der Waals surface area contributed by atoms with Gasteiger partial charge in [0.2, 0.25) is 0 Å². The van der Waals surface area contributed by atoms with Gasteiger partial charge in [0.05, 0.1) is 23.4 Å². The van der Waals surface area contributed by atoms with Crippen LogP contribution in [0.4, 0.5) is 11.7 Å². The van der Waals surface area contributed by atoms with Crippen LogP contribution in [0.2, 0.25) is 0 Å². The van der Waals surface area contributed by atoms with Crippen molar-refractivity contribution in [1.29, 1.82) is 0 Å². The third-order valence-electron chi connectivity index (χ3n) is 5.53. The summed E-state index contributed by atoms with van der Waals surface area (Å²) in [6.07, 6.45) is 1.69. The molecule has 0 aliphatic carbocycles. The van der Waals surface area contributed by atoms with Gasteiger partial charge in [0, 0.05) is 30.0 Å². The van der Waals surface area contributed by atoms with Crippen LogP contribution < -0.4 is 10.6 Å². The fraction of sp³-hybridized carbons (Fsp3) is 0.192. The molecule has 33 heavy (non-hydrogen) atoms. The van der Waals surface area contributed by atoms with Crippen molar-refractivity contribution in [2.45, 2.75) is 33.9 Å². The maximum absolute atomic E-state index is 6.00. The molecule has 0 fully saturated rings. The number of aromatic amines is 1. The van der Waals surface area contributed by atoms with E-state index in [1.165, 1.54) is 11.1 Å². The van der Waals surface area contributed by atoms with Gasteiger partial charge in [-0.2, -0.15) is 4.98 Å². The van der Waals surface area contributed by atoms with E-state index in [1.807, 2.05) is 57.2 Å². The van der Waals surface area contributed by atoms with Crippen molar-refractivity contribution in [3.63, 3.8) is 0 Å². The number of rotatable bonds is 4. The zero-order valence-corrected chi connectivity index (χ0v) is 18.9. The van der Waals surface area contributed by atoms with Gasteiger partial charge >= 0.3 is 0 Å². The average molecular weight is 439 g/mol. The van der Waals surface area contributed by atoms with E-state index in [2.05, 4.69) is 48.8 Å². The Kier molecular flexibility index (Phi) is 5.62. The van der Waals surface area contributed by atoms with Crippen LogP contribution in [0, 0.1) is 6.92 Å². The molecule has 0 saturated carbocycles. The van der Waals surface area contributed by atoms with Crippen LogP contribution in [0.15, 0.2) is 65.3 Å². The summed E-state index contributed by atoms with van der Waals surface area (Å²) in [5.74, 6) is 0. The number of imidazole rings is 1. The number of pyridine rings is 1. The van der Waals surface area contributed by atoms with Crippen LogP contribution in [0.25, 0.3) is 33.7 Å². The van der Waals surface area contributed by atoms with E-state index in [0.29, 0.717) is 11.6 Å². The third kappa shape index (κ3) is 4.10. The number of aromatic nitrogens is 4. The molecule has 5 aromatic rings. The molecule has 7 nitrogen and oxygen atoms in total. The van der Waals surface area contributed by atoms with Gasteiger partial charge in [-0.15, -0.1) is 0 Å². The van der Waals surface area contributed by atoms with Crippen molar-refractivity contribution in [1.82, 2.24) is 25.3 Å². The summed E-state index contributed by atoms with van der Waals surface area (Å²) in [6, 6.07) is 18.7. The van der Waals surface area contributed by atoms with Crippen LogP contribution in [0.1, 0.15) is 30.7 Å². The maximum Gasteiger partial charge on any atom is 0.300 e. The molecule has 3 N–H and O–H groups in total. The fourth-order valence-electron chi connectivity index (χ4n) is 4.01. The maximum atomic E-state index is 6.00. The standard InChI is InChI=1S/C24H20N6O.C2H6/c1-14-3-2-4-20(28-14)23-22(26-13-27-23)15-6-8-19-21(10-15)31-24(30-19)29-18-7-5-16-11-25-12-17(16)9-18;1-2/h2-10,13,25H,11-12H2,1H3,(H,26,27)(H,29,30);1-2H3. The van der Waals surface area contributed by atoms with E-state index < -0.39 is 0 Å². The normalized spacial score (nSPS) is 12.3. The first-order valence-electron chi connectivity index (χ1n) is 11.2. The van der Waals surface area contributed by atoms with Crippen molar-refractivity contribution < 1.29 is 4.42 Å². The van der Waals surface area contributed by atoms with Gasteiger partial charge in [0.1, 0.15) is 5.52 Å². The van der Waals surface area contributed by atoms with E-state index in [-0.39, 0.29) is 0 Å². The van der Waals surface area contributed by atoms with Crippen LogP contribution in [0.3, 0.4) is 0 Å². The minimum atomic E-state index is 0.473. The van der Waals surface area contributed by atoms with Gasteiger partial charge in [-0.3, -0.25) is 4.98 Å². The minimum absolute atomic E-state index is 0.473. The highest BCUT2D eigenvalue weighted by atomic mass is 16.4. The molecule has 3 aromatic heterocycles. The quantitative estimate of drug-likeness (QED) is 0.321. The van der Waals surface area contributed by atoms with E-state index in [0.717, 1.165) is 52.6 Å². The number of oxazole rings is 1. The SMILES string of the molecule is CC.Cc1cccc(-c2[nH]cnc2-c2ccc3nc(Nc4ccc5c(c4)CNC5)oc3c2)n1. The predicted octanol–water partition coefficient (Wildman–Crippen LogP) is 5.96. The number of nitrogens with one attached hydrogen (secondary N) is 3. The number of anilines is 2. The molecule has 166 valence electrons. The molecule has 4 heterocycles. The highest BCUT2D eigenvalue weighted by molar-refractivity contribution is 5.84. The number of H-pyrrole nitrogens is 1. The molecule has 0 amide bonds. The van der Waals surface area contributed by atoms with Crippen molar-refractivity contribution in [2.75, 3.05) is 5.32 Å². The lowest BCUT2D eigenvalue weighted by Gasteiger charge is -2.04. The average Bonchev–Trinajstić information content (AvgIpc) is 3.58. The van der Waals surface area contributed by atoms with E-state index in [4.69, 9.17) is 4.42 Å². The van der Waals surface area contributed by atoms with Gasteiger partial charge in [0.25, 0.3) is 6.01 Å². The summed E-state index contributed by atoms with van der Waals surface area (Å²) in [6.45, 7) is 7.80. The first-order chi connectivity index (χ1) is 16.2. The second kappa shape index (κ2) is 8.88. The van der Waals surface area contributed by atoms with Crippen LogP contribution in [-0.2, 0) is 13.1 Å². The van der Waals surface area contributed by atoms with Crippen molar-refractivity contribution >= 4 is 22.8 Å². The van der Waals surface area contributed by atoms with Crippen molar-refractivity contribution in [2.24, 2.45) is 0 Å². The molecule has 0 bridgehead atoms. The number of benzene rings is 2. The topological polar surface area (TPSA) is 91.7 Å². The van der Waals surface area contributed by atoms with Crippen molar-refractivity contribution in [3.8, 4) is 22.6 Å². The summed E-state index contributed by atoms with van der Waals surface area (Å²) in [4.78, 5) is 16.9. The van der Waals surface area contributed by atoms with Crippen LogP contribution >= 0.6 is 0 Å². The third-order valence-corrected chi connectivity index (χ3v) is 5.53. The first-order valence-corrected chi connectivity index (χ1v) is 11.2. The van der Waals surface area contributed by atoms with Gasteiger partial charge in [-0.25, -0.2) is 4.98 Å². The molecule has 2 aromatic carbocycles. The number of nitrogens with zero attached hydrogens (tertiary/aromatic N) is 3. The highest BCUT2D eigenvalue weighted by Crippen LogP contribution is 2.32. The Morgan fingerprint density at radius 2 is 1.82 bits per heavy atom. The molecule has 0 radical (unpaired) electrons. The summed E-state index contributed by atoms with van der Waals surface area (Å²) in [5.41, 5.74) is 9.58. The Morgan fingerprint density at radius 3 is 2.70 bits per heavy atom. The molecule has 7 heteroatoms. The number of aryl methyl sites for hydroxylation is 1. The Bertz CT molecular complexity index is 1420. The molecule has 0 atom stereocenters. The van der Waals surface area contributed by atoms with Gasteiger partial charge < -0.3 is 20.0 Å². The molecular formula is C26H26N6O. The smallest absolute Gasteiger partial charge is 0.300 e. The number of hydrogen-bond donors (Lipinski definition) is 3. The van der Waals surface area contributed by atoms with Gasteiger partial charge in [-0.1, -0.05) is 32.0 Å². The number of hydrogen-bond acceptors (Lipinski definition) is 6.